The van der Waals surface area contributed by atoms with E-state index in [4.69, 9.17) is 9.47 Å². The number of rotatable bonds is 7. The highest BCUT2D eigenvalue weighted by Gasteiger charge is 2.26. The molecule has 0 unspecified atom stereocenters. The molecule has 0 aliphatic carbocycles. The summed E-state index contributed by atoms with van der Waals surface area (Å²) in [6, 6.07) is 18.4. The molecule has 1 atom stereocenters. The third-order valence-electron chi connectivity index (χ3n) is 4.70. The first-order chi connectivity index (χ1) is 12.7. The minimum Gasteiger partial charge on any atom is -0.489 e. The van der Waals surface area contributed by atoms with E-state index in [1.165, 1.54) is 5.56 Å². The van der Waals surface area contributed by atoms with Gasteiger partial charge in [0.05, 0.1) is 12.5 Å². The van der Waals surface area contributed by atoms with Crippen LogP contribution >= 0.6 is 0 Å². The van der Waals surface area contributed by atoms with Crippen molar-refractivity contribution >= 4 is 5.97 Å². The first-order valence-corrected chi connectivity index (χ1v) is 9.39. The van der Waals surface area contributed by atoms with Crippen LogP contribution in [-0.2, 0) is 22.7 Å². The molecular weight excluding hydrogens is 326 g/mol. The molecule has 1 aliphatic heterocycles. The molecule has 0 spiro atoms. The third kappa shape index (κ3) is 5.33. The Labute approximate surface area is 155 Å². The maximum atomic E-state index is 12.0. The number of hydrogen-bond acceptors (Lipinski definition) is 4. The van der Waals surface area contributed by atoms with Gasteiger partial charge in [-0.15, -0.1) is 0 Å². The fourth-order valence-electron chi connectivity index (χ4n) is 3.34. The first-order valence-electron chi connectivity index (χ1n) is 9.39. The lowest BCUT2D eigenvalue weighted by Crippen LogP contribution is -2.38. The number of ether oxygens (including phenoxy) is 2. The molecule has 0 radical (unpaired) electrons. The zero-order valence-corrected chi connectivity index (χ0v) is 15.4. The average Bonchev–Trinajstić information content (AvgIpc) is 2.69. The standard InChI is InChI=1S/C22H27NO3/c1-2-25-22(24)20-9-6-14-23(16-20)15-18-10-12-21(13-11-18)26-17-19-7-4-3-5-8-19/h3-5,7-8,10-13,20H,2,6,9,14-17H2,1H3/t20-/m1/s1. The van der Waals surface area contributed by atoms with Gasteiger partial charge in [-0.2, -0.15) is 0 Å². The van der Waals surface area contributed by atoms with Crippen molar-refractivity contribution in [3.8, 4) is 5.75 Å². The second kappa shape index (κ2) is 9.39. The Balaban J connectivity index is 1.50. The molecule has 1 aliphatic rings. The van der Waals surface area contributed by atoms with Gasteiger partial charge in [-0.1, -0.05) is 42.5 Å². The number of nitrogens with zero attached hydrogens (tertiary/aromatic N) is 1. The van der Waals surface area contributed by atoms with Crippen molar-refractivity contribution in [1.29, 1.82) is 0 Å². The lowest BCUT2D eigenvalue weighted by Gasteiger charge is -2.31. The van der Waals surface area contributed by atoms with Crippen LogP contribution in [0.25, 0.3) is 0 Å². The van der Waals surface area contributed by atoms with Crippen LogP contribution in [0.15, 0.2) is 54.6 Å². The first kappa shape index (κ1) is 18.5. The largest absolute Gasteiger partial charge is 0.489 e. The molecule has 1 heterocycles. The summed E-state index contributed by atoms with van der Waals surface area (Å²) in [6.07, 6.45) is 1.98. The molecular formula is C22H27NO3. The fraction of sp³-hybridized carbons (Fsp3) is 0.409. The molecule has 26 heavy (non-hydrogen) atoms. The van der Waals surface area contributed by atoms with E-state index < -0.39 is 0 Å². The Morgan fingerprint density at radius 3 is 2.58 bits per heavy atom. The van der Waals surface area contributed by atoms with Crippen molar-refractivity contribution in [2.45, 2.75) is 32.9 Å². The van der Waals surface area contributed by atoms with Crippen LogP contribution in [0.2, 0.25) is 0 Å². The van der Waals surface area contributed by atoms with Gasteiger partial charge in [0.25, 0.3) is 0 Å². The van der Waals surface area contributed by atoms with E-state index in [1.54, 1.807) is 0 Å². The Hall–Kier alpha value is -2.33. The van der Waals surface area contributed by atoms with Gasteiger partial charge in [-0.3, -0.25) is 9.69 Å². The quantitative estimate of drug-likeness (QED) is 0.704. The van der Waals surface area contributed by atoms with E-state index in [1.807, 2.05) is 37.3 Å². The normalized spacial score (nSPS) is 17.7. The number of hydrogen-bond donors (Lipinski definition) is 0. The van der Waals surface area contributed by atoms with E-state index in [0.29, 0.717) is 13.2 Å². The summed E-state index contributed by atoms with van der Waals surface area (Å²) in [4.78, 5) is 14.3. The zero-order valence-electron chi connectivity index (χ0n) is 15.4. The summed E-state index contributed by atoms with van der Waals surface area (Å²) in [5.74, 6) is 0.833. The van der Waals surface area contributed by atoms with E-state index in [0.717, 1.165) is 43.8 Å². The molecule has 1 fully saturated rings. The summed E-state index contributed by atoms with van der Waals surface area (Å²) >= 11 is 0. The third-order valence-corrected chi connectivity index (χ3v) is 4.70. The molecule has 4 heteroatoms. The molecule has 0 bridgehead atoms. The van der Waals surface area contributed by atoms with Crippen molar-refractivity contribution in [1.82, 2.24) is 4.90 Å². The van der Waals surface area contributed by atoms with Gasteiger partial charge in [0.1, 0.15) is 12.4 Å². The highest BCUT2D eigenvalue weighted by Crippen LogP contribution is 2.21. The van der Waals surface area contributed by atoms with Gasteiger partial charge in [0, 0.05) is 13.1 Å². The molecule has 2 aromatic carbocycles. The lowest BCUT2D eigenvalue weighted by molar-refractivity contribution is -0.150. The van der Waals surface area contributed by atoms with Gasteiger partial charge in [-0.05, 0) is 49.6 Å². The number of carbonyl (C=O) groups excluding carboxylic acids is 1. The van der Waals surface area contributed by atoms with Crippen LogP contribution < -0.4 is 4.74 Å². The maximum Gasteiger partial charge on any atom is 0.310 e. The highest BCUT2D eigenvalue weighted by atomic mass is 16.5. The summed E-state index contributed by atoms with van der Waals surface area (Å²) in [7, 11) is 0. The van der Waals surface area contributed by atoms with Gasteiger partial charge in [-0.25, -0.2) is 0 Å². The van der Waals surface area contributed by atoms with Crippen LogP contribution in [0.1, 0.15) is 30.9 Å². The molecule has 0 N–H and O–H groups in total. The Bertz CT molecular complexity index is 684. The predicted octanol–water partition coefficient (Wildman–Crippen LogP) is 4.04. The fourth-order valence-corrected chi connectivity index (χ4v) is 3.34. The van der Waals surface area contributed by atoms with Gasteiger partial charge in [0.15, 0.2) is 0 Å². The van der Waals surface area contributed by atoms with Crippen molar-refractivity contribution in [3.63, 3.8) is 0 Å². The molecule has 1 saturated heterocycles. The number of carbonyl (C=O) groups is 1. The van der Waals surface area contributed by atoms with Crippen molar-refractivity contribution < 1.29 is 14.3 Å². The minimum atomic E-state index is -0.0538. The van der Waals surface area contributed by atoms with E-state index in [2.05, 4.69) is 29.2 Å². The predicted molar refractivity (Wildman–Crippen MR) is 102 cm³/mol. The van der Waals surface area contributed by atoms with Crippen LogP contribution in [0.3, 0.4) is 0 Å². The van der Waals surface area contributed by atoms with Gasteiger partial charge in [0.2, 0.25) is 0 Å². The number of likely N-dealkylation sites (tertiary alicyclic amines) is 1. The Morgan fingerprint density at radius 1 is 1.08 bits per heavy atom. The molecule has 0 saturated carbocycles. The Kier molecular flexibility index (Phi) is 6.67. The van der Waals surface area contributed by atoms with Crippen molar-refractivity contribution in [2.75, 3.05) is 19.7 Å². The van der Waals surface area contributed by atoms with E-state index in [9.17, 15) is 4.79 Å². The average molecular weight is 353 g/mol. The molecule has 0 aromatic heterocycles. The number of benzene rings is 2. The van der Waals surface area contributed by atoms with E-state index in [-0.39, 0.29) is 11.9 Å². The van der Waals surface area contributed by atoms with Crippen LogP contribution in [0.5, 0.6) is 5.75 Å². The van der Waals surface area contributed by atoms with Crippen LogP contribution in [0, 0.1) is 5.92 Å². The van der Waals surface area contributed by atoms with Crippen LogP contribution in [-0.4, -0.2) is 30.6 Å². The monoisotopic (exact) mass is 353 g/mol. The smallest absolute Gasteiger partial charge is 0.310 e. The zero-order chi connectivity index (χ0) is 18.2. The topological polar surface area (TPSA) is 38.8 Å². The molecule has 3 rings (SSSR count). The second-order valence-corrected chi connectivity index (χ2v) is 6.74. The number of piperidine rings is 1. The Morgan fingerprint density at radius 2 is 1.85 bits per heavy atom. The lowest BCUT2D eigenvalue weighted by atomic mass is 9.98. The van der Waals surface area contributed by atoms with Gasteiger partial charge >= 0.3 is 5.97 Å². The maximum absolute atomic E-state index is 12.0. The number of esters is 1. The van der Waals surface area contributed by atoms with E-state index >= 15 is 0 Å². The van der Waals surface area contributed by atoms with Gasteiger partial charge < -0.3 is 9.47 Å². The molecule has 0 amide bonds. The second-order valence-electron chi connectivity index (χ2n) is 6.74. The SMILES string of the molecule is CCOC(=O)[C@@H]1CCCN(Cc2ccc(OCc3ccccc3)cc2)C1. The van der Waals surface area contributed by atoms with Crippen molar-refractivity contribution in [3.05, 3.63) is 65.7 Å². The summed E-state index contributed by atoms with van der Waals surface area (Å²) in [5.41, 5.74) is 2.40. The highest BCUT2D eigenvalue weighted by molar-refractivity contribution is 5.72. The molecule has 4 nitrogen and oxygen atoms in total. The summed E-state index contributed by atoms with van der Waals surface area (Å²) < 4.78 is 11.0. The van der Waals surface area contributed by atoms with Crippen LogP contribution in [0.4, 0.5) is 0 Å². The minimum absolute atomic E-state index is 0.0113. The molecule has 138 valence electrons. The summed E-state index contributed by atoms with van der Waals surface area (Å²) in [6.45, 7) is 5.56. The molecule has 2 aromatic rings. The van der Waals surface area contributed by atoms with Crippen molar-refractivity contribution in [2.24, 2.45) is 5.92 Å². The summed E-state index contributed by atoms with van der Waals surface area (Å²) in [5, 5.41) is 0.